The largest absolute Gasteiger partial charge is 0.355 e. The molecule has 7 nitrogen and oxygen atoms in total. The van der Waals surface area contributed by atoms with Gasteiger partial charge < -0.3 is 16.0 Å². The molecule has 0 radical (unpaired) electrons. The number of aryl methyl sites for hydroxylation is 2. The van der Waals surface area contributed by atoms with Crippen LogP contribution in [0.15, 0.2) is 22.5 Å². The molecule has 0 aliphatic heterocycles. The average molecular weight is 394 g/mol. The molecule has 0 aliphatic carbocycles. The first-order valence-corrected chi connectivity index (χ1v) is 10.1. The zero-order valence-electron chi connectivity index (χ0n) is 15.1. The van der Waals surface area contributed by atoms with Crippen LogP contribution in [-0.4, -0.2) is 40.9 Å². The molecule has 1 aromatic carbocycles. The van der Waals surface area contributed by atoms with Crippen LogP contribution in [0, 0.1) is 13.8 Å². The molecule has 2 aromatic rings. The molecular weight excluding hydrogens is 370 g/mol. The first kappa shape index (κ1) is 20.2. The van der Waals surface area contributed by atoms with Crippen LogP contribution in [0.4, 0.5) is 10.8 Å². The summed E-state index contributed by atoms with van der Waals surface area (Å²) in [6.45, 7) is 6.67. The normalized spacial score (nSPS) is 10.4. The molecule has 0 spiro atoms. The van der Waals surface area contributed by atoms with E-state index >= 15 is 0 Å². The van der Waals surface area contributed by atoms with Crippen LogP contribution in [0.5, 0.6) is 0 Å². The Hall–Kier alpha value is -2.13. The number of hydrogen-bond acceptors (Lipinski definition) is 7. The van der Waals surface area contributed by atoms with Gasteiger partial charge in [-0.2, -0.15) is 0 Å². The minimum Gasteiger partial charge on any atom is -0.355 e. The number of benzene rings is 1. The number of carbonyl (C=O) groups excluding carboxylic acids is 2. The molecule has 9 heteroatoms. The number of amides is 2. The van der Waals surface area contributed by atoms with Crippen LogP contribution < -0.4 is 16.0 Å². The molecule has 0 unspecified atom stereocenters. The summed E-state index contributed by atoms with van der Waals surface area (Å²) in [6.07, 6.45) is 0.866. The van der Waals surface area contributed by atoms with Gasteiger partial charge in [0.2, 0.25) is 16.9 Å². The van der Waals surface area contributed by atoms with Crippen molar-refractivity contribution in [3.05, 3.63) is 29.3 Å². The minimum absolute atomic E-state index is 0.00494. The predicted octanol–water partition coefficient (Wildman–Crippen LogP) is 2.63. The van der Waals surface area contributed by atoms with E-state index in [0.717, 1.165) is 17.7 Å². The highest BCUT2D eigenvalue weighted by Gasteiger charge is 2.10. The number of rotatable bonds is 9. The summed E-state index contributed by atoms with van der Waals surface area (Å²) >= 11 is 2.69. The van der Waals surface area contributed by atoms with E-state index in [1.54, 1.807) is 0 Å². The van der Waals surface area contributed by atoms with Gasteiger partial charge in [-0.25, -0.2) is 0 Å². The molecule has 0 aliphatic rings. The fourth-order valence-electron chi connectivity index (χ4n) is 2.07. The van der Waals surface area contributed by atoms with Gasteiger partial charge >= 0.3 is 0 Å². The molecule has 2 amide bonds. The Bertz CT molecular complexity index is 763. The van der Waals surface area contributed by atoms with E-state index < -0.39 is 0 Å². The average Bonchev–Trinajstić information content (AvgIpc) is 3.06. The van der Waals surface area contributed by atoms with Crippen molar-refractivity contribution in [1.29, 1.82) is 0 Å². The topological polar surface area (TPSA) is 96.0 Å². The first-order chi connectivity index (χ1) is 12.5. The maximum absolute atomic E-state index is 11.8. The number of thioether (sulfide) groups is 1. The third-order valence-electron chi connectivity index (χ3n) is 3.37. The smallest absolute Gasteiger partial charge is 0.239 e. The van der Waals surface area contributed by atoms with Crippen LogP contribution in [0.1, 0.15) is 24.5 Å². The SMILES string of the molecule is CCCNC(=O)CNC(=O)CSc1nnc(Nc2ccc(C)cc2C)s1. The molecular formula is C17H23N5O2S2. The van der Waals surface area contributed by atoms with Gasteiger partial charge in [-0.05, 0) is 31.9 Å². The van der Waals surface area contributed by atoms with E-state index in [0.29, 0.717) is 16.0 Å². The predicted molar refractivity (Wildman–Crippen MR) is 106 cm³/mol. The van der Waals surface area contributed by atoms with Gasteiger partial charge in [-0.15, -0.1) is 10.2 Å². The third-order valence-corrected chi connectivity index (χ3v) is 5.35. The Morgan fingerprint density at radius 3 is 2.69 bits per heavy atom. The summed E-state index contributed by atoms with van der Waals surface area (Å²) in [5.74, 6) is -0.194. The molecule has 1 heterocycles. The summed E-state index contributed by atoms with van der Waals surface area (Å²) in [5, 5.41) is 17.4. The standard InChI is InChI=1S/C17H23N5O2S2/c1-4-7-18-14(23)9-19-15(24)10-25-17-22-21-16(26-17)20-13-6-5-11(2)8-12(13)3/h5-6,8H,4,7,9-10H2,1-3H3,(H,18,23)(H,19,24)(H,20,21). The first-order valence-electron chi connectivity index (χ1n) is 8.32. The Morgan fingerprint density at radius 2 is 1.96 bits per heavy atom. The number of hydrogen-bond donors (Lipinski definition) is 3. The summed E-state index contributed by atoms with van der Waals surface area (Å²) < 4.78 is 0.697. The zero-order valence-corrected chi connectivity index (χ0v) is 16.7. The van der Waals surface area contributed by atoms with E-state index in [2.05, 4.69) is 39.1 Å². The van der Waals surface area contributed by atoms with Crippen LogP contribution in [0.2, 0.25) is 0 Å². The summed E-state index contributed by atoms with van der Waals surface area (Å²) in [5.41, 5.74) is 3.32. The Kier molecular flexibility index (Phi) is 7.86. The van der Waals surface area contributed by atoms with Crippen molar-refractivity contribution in [2.24, 2.45) is 0 Å². The van der Waals surface area contributed by atoms with Crippen LogP contribution >= 0.6 is 23.1 Å². The van der Waals surface area contributed by atoms with E-state index in [1.165, 1.54) is 28.7 Å². The van der Waals surface area contributed by atoms with Gasteiger partial charge in [0.1, 0.15) is 0 Å². The monoisotopic (exact) mass is 393 g/mol. The second-order valence-electron chi connectivity index (χ2n) is 5.73. The lowest BCUT2D eigenvalue weighted by molar-refractivity contribution is -0.124. The lowest BCUT2D eigenvalue weighted by atomic mass is 10.1. The maximum Gasteiger partial charge on any atom is 0.239 e. The van der Waals surface area contributed by atoms with Crippen molar-refractivity contribution in [2.75, 3.05) is 24.2 Å². The van der Waals surface area contributed by atoms with Gasteiger partial charge in [-0.3, -0.25) is 9.59 Å². The van der Waals surface area contributed by atoms with Gasteiger partial charge in [0.25, 0.3) is 0 Å². The van der Waals surface area contributed by atoms with Crippen molar-refractivity contribution in [3.8, 4) is 0 Å². The molecule has 0 saturated heterocycles. The van der Waals surface area contributed by atoms with E-state index in [-0.39, 0.29) is 24.1 Å². The van der Waals surface area contributed by atoms with Crippen molar-refractivity contribution < 1.29 is 9.59 Å². The Morgan fingerprint density at radius 1 is 1.15 bits per heavy atom. The second kappa shape index (κ2) is 10.1. The van der Waals surface area contributed by atoms with Gasteiger partial charge in [0.15, 0.2) is 4.34 Å². The molecule has 1 aromatic heterocycles. The molecule has 2 rings (SSSR count). The number of nitrogens with zero attached hydrogens (tertiary/aromatic N) is 2. The number of anilines is 2. The third kappa shape index (κ3) is 6.64. The quantitative estimate of drug-likeness (QED) is 0.567. The van der Waals surface area contributed by atoms with Crippen molar-refractivity contribution in [1.82, 2.24) is 20.8 Å². The molecule has 140 valence electrons. The lowest BCUT2D eigenvalue weighted by Gasteiger charge is -2.06. The maximum atomic E-state index is 11.8. The highest BCUT2D eigenvalue weighted by Crippen LogP contribution is 2.28. The Balaban J connectivity index is 1.77. The van der Waals surface area contributed by atoms with E-state index in [4.69, 9.17) is 0 Å². The summed E-state index contributed by atoms with van der Waals surface area (Å²) in [4.78, 5) is 23.2. The Labute approximate surface area is 161 Å². The molecule has 0 atom stereocenters. The molecule has 3 N–H and O–H groups in total. The van der Waals surface area contributed by atoms with Crippen LogP contribution in [-0.2, 0) is 9.59 Å². The van der Waals surface area contributed by atoms with Crippen LogP contribution in [0.25, 0.3) is 0 Å². The highest BCUT2D eigenvalue weighted by atomic mass is 32.2. The van der Waals surface area contributed by atoms with Crippen molar-refractivity contribution in [2.45, 2.75) is 31.5 Å². The fourth-order valence-corrected chi connectivity index (χ4v) is 3.67. The van der Waals surface area contributed by atoms with Crippen molar-refractivity contribution in [3.63, 3.8) is 0 Å². The lowest BCUT2D eigenvalue weighted by Crippen LogP contribution is -2.37. The van der Waals surface area contributed by atoms with Gasteiger partial charge in [0.05, 0.1) is 12.3 Å². The highest BCUT2D eigenvalue weighted by molar-refractivity contribution is 8.01. The fraction of sp³-hybridized carbons (Fsp3) is 0.412. The molecule has 0 fully saturated rings. The number of carbonyl (C=O) groups is 2. The summed E-state index contributed by atoms with van der Waals surface area (Å²) in [7, 11) is 0. The molecule has 26 heavy (non-hydrogen) atoms. The van der Waals surface area contributed by atoms with Crippen LogP contribution in [0.3, 0.4) is 0 Å². The minimum atomic E-state index is -0.208. The number of aromatic nitrogens is 2. The van der Waals surface area contributed by atoms with Crippen molar-refractivity contribution >= 4 is 45.7 Å². The van der Waals surface area contributed by atoms with E-state index in [1.807, 2.05) is 26.0 Å². The van der Waals surface area contributed by atoms with Gasteiger partial charge in [0, 0.05) is 12.2 Å². The molecule has 0 saturated carbocycles. The second-order valence-corrected chi connectivity index (χ2v) is 7.93. The van der Waals surface area contributed by atoms with E-state index in [9.17, 15) is 9.59 Å². The number of nitrogens with one attached hydrogen (secondary N) is 3. The summed E-state index contributed by atoms with van der Waals surface area (Å²) in [6, 6.07) is 6.14. The molecule has 0 bridgehead atoms. The zero-order chi connectivity index (χ0) is 18.9. The van der Waals surface area contributed by atoms with Gasteiger partial charge in [-0.1, -0.05) is 47.7 Å².